The van der Waals surface area contributed by atoms with Crippen LogP contribution in [0, 0.1) is 0 Å². The number of nitrogens with one attached hydrogen (secondary N) is 1. The van der Waals surface area contributed by atoms with Crippen LogP contribution in [0.3, 0.4) is 0 Å². The Morgan fingerprint density at radius 3 is 2.87 bits per heavy atom. The Morgan fingerprint density at radius 1 is 1.60 bits per heavy atom. The van der Waals surface area contributed by atoms with E-state index in [9.17, 15) is 9.59 Å². The summed E-state index contributed by atoms with van der Waals surface area (Å²) in [6.07, 6.45) is 0. The summed E-state index contributed by atoms with van der Waals surface area (Å²) in [5, 5.41) is 5.15. The van der Waals surface area contributed by atoms with E-state index in [1.807, 2.05) is 17.5 Å². The Morgan fingerprint density at radius 2 is 2.33 bits per heavy atom. The van der Waals surface area contributed by atoms with Crippen LogP contribution in [0.1, 0.15) is 0 Å². The number of hydrogen-bond donors (Lipinski definition) is 1. The number of nitrogens with zero attached hydrogens (tertiary/aromatic N) is 1. The largest absolute Gasteiger partial charge is 0.346 e. The second kappa shape index (κ2) is 5.72. The van der Waals surface area contributed by atoms with Gasteiger partial charge in [0.25, 0.3) is 0 Å². The monoisotopic (exact) mass is 246 g/mol. The summed E-state index contributed by atoms with van der Waals surface area (Å²) in [4.78, 5) is 23.8. The van der Waals surface area contributed by atoms with Crippen molar-refractivity contribution in [1.29, 1.82) is 0 Å². The van der Waals surface area contributed by atoms with E-state index in [0.717, 1.165) is 5.00 Å². The summed E-state index contributed by atoms with van der Waals surface area (Å²) in [5.41, 5.74) is 0. The molecular weight excluding hydrogens is 236 g/mol. The molecule has 1 aromatic rings. The van der Waals surface area contributed by atoms with Crippen molar-refractivity contribution in [3.8, 4) is 0 Å². The lowest BCUT2D eigenvalue weighted by atomic mass is 10.5. The number of hydrogen-bond acceptors (Lipinski definition) is 3. The lowest BCUT2D eigenvalue weighted by Gasteiger charge is -2.14. The van der Waals surface area contributed by atoms with Gasteiger partial charge in [0.15, 0.2) is 0 Å². The van der Waals surface area contributed by atoms with Crippen LogP contribution in [0.15, 0.2) is 17.5 Å². The standard InChI is InChI=1S/C9H11ClN2O2S/c1-12(9-3-2-4-15-9)8(14)6-11-7(13)5-10/h2-4H,5-6H2,1H3,(H,11,13). The van der Waals surface area contributed by atoms with Gasteiger partial charge in [-0.3, -0.25) is 9.59 Å². The van der Waals surface area contributed by atoms with Gasteiger partial charge in [0.1, 0.15) is 5.88 Å². The van der Waals surface area contributed by atoms with Crippen LogP contribution in [0.4, 0.5) is 5.00 Å². The van der Waals surface area contributed by atoms with Gasteiger partial charge in [-0.05, 0) is 17.5 Å². The SMILES string of the molecule is CN(C(=O)CNC(=O)CCl)c1cccs1. The molecular formula is C9H11ClN2O2S. The van der Waals surface area contributed by atoms with Crippen molar-refractivity contribution in [2.75, 3.05) is 24.4 Å². The van der Waals surface area contributed by atoms with Crippen LogP contribution in [0.5, 0.6) is 0 Å². The van der Waals surface area contributed by atoms with E-state index in [0.29, 0.717) is 0 Å². The maximum Gasteiger partial charge on any atom is 0.246 e. The van der Waals surface area contributed by atoms with Gasteiger partial charge >= 0.3 is 0 Å². The Hall–Kier alpha value is -1.07. The summed E-state index contributed by atoms with van der Waals surface area (Å²) in [6, 6.07) is 3.70. The molecule has 4 nitrogen and oxygen atoms in total. The minimum absolute atomic E-state index is 0.0278. The molecule has 6 heteroatoms. The number of likely N-dealkylation sites (N-methyl/N-ethyl adjacent to an activating group) is 1. The zero-order valence-corrected chi connectivity index (χ0v) is 9.77. The first-order valence-corrected chi connectivity index (χ1v) is 5.69. The van der Waals surface area contributed by atoms with Crippen LogP contribution < -0.4 is 10.2 Å². The number of carbonyl (C=O) groups excluding carboxylic acids is 2. The molecule has 0 aliphatic carbocycles. The zero-order chi connectivity index (χ0) is 11.3. The predicted octanol–water partition coefficient (Wildman–Crippen LogP) is 1.07. The molecule has 0 atom stereocenters. The molecule has 0 spiro atoms. The van der Waals surface area contributed by atoms with Crippen molar-refractivity contribution in [3.63, 3.8) is 0 Å². The maximum absolute atomic E-state index is 11.5. The molecule has 0 saturated carbocycles. The highest BCUT2D eigenvalue weighted by Gasteiger charge is 2.12. The average molecular weight is 247 g/mol. The van der Waals surface area contributed by atoms with Crippen LogP contribution >= 0.6 is 22.9 Å². The first kappa shape index (κ1) is 12.0. The van der Waals surface area contributed by atoms with Gasteiger partial charge in [0.05, 0.1) is 11.5 Å². The highest BCUT2D eigenvalue weighted by molar-refractivity contribution is 7.14. The topological polar surface area (TPSA) is 49.4 Å². The van der Waals surface area contributed by atoms with Gasteiger partial charge in [0.2, 0.25) is 11.8 Å². The molecule has 0 radical (unpaired) electrons. The highest BCUT2D eigenvalue weighted by atomic mass is 35.5. The fraction of sp³-hybridized carbons (Fsp3) is 0.333. The maximum atomic E-state index is 11.5. The zero-order valence-electron chi connectivity index (χ0n) is 8.20. The number of halogens is 1. The molecule has 0 fully saturated rings. The minimum atomic E-state index is -0.343. The lowest BCUT2D eigenvalue weighted by molar-refractivity contribution is -0.123. The van der Waals surface area contributed by atoms with Gasteiger partial charge in [-0.15, -0.1) is 22.9 Å². The molecule has 1 rings (SSSR count). The van der Waals surface area contributed by atoms with Gasteiger partial charge < -0.3 is 10.2 Å². The summed E-state index contributed by atoms with van der Waals surface area (Å²) in [7, 11) is 1.67. The van der Waals surface area contributed by atoms with Crippen molar-refractivity contribution >= 4 is 39.8 Å². The molecule has 0 bridgehead atoms. The third kappa shape index (κ3) is 3.53. The van der Waals surface area contributed by atoms with Crippen LogP contribution in [-0.4, -0.2) is 31.3 Å². The van der Waals surface area contributed by atoms with Crippen molar-refractivity contribution in [2.45, 2.75) is 0 Å². The molecule has 0 aromatic carbocycles. The second-order valence-electron chi connectivity index (χ2n) is 2.81. The van der Waals surface area contributed by atoms with E-state index in [1.165, 1.54) is 16.2 Å². The molecule has 82 valence electrons. The molecule has 0 aliphatic rings. The molecule has 2 amide bonds. The van der Waals surface area contributed by atoms with Gasteiger partial charge in [-0.2, -0.15) is 0 Å². The van der Waals surface area contributed by atoms with Crippen molar-refractivity contribution < 1.29 is 9.59 Å². The van der Waals surface area contributed by atoms with E-state index in [-0.39, 0.29) is 24.2 Å². The molecule has 1 aromatic heterocycles. The number of alkyl halides is 1. The fourth-order valence-electron chi connectivity index (χ4n) is 0.924. The quantitative estimate of drug-likeness (QED) is 0.808. The van der Waals surface area contributed by atoms with E-state index in [2.05, 4.69) is 5.32 Å². The molecule has 0 aliphatic heterocycles. The third-order valence-corrected chi connectivity index (χ3v) is 2.96. The summed E-state index contributed by atoms with van der Waals surface area (Å²) in [6.45, 7) is -0.0278. The van der Waals surface area contributed by atoms with Crippen LogP contribution in [-0.2, 0) is 9.59 Å². The normalized spacial score (nSPS) is 9.73. The smallest absolute Gasteiger partial charge is 0.246 e. The first-order chi connectivity index (χ1) is 7.15. The second-order valence-corrected chi connectivity index (χ2v) is 4.01. The first-order valence-electron chi connectivity index (χ1n) is 4.28. The molecule has 1 N–H and O–H groups in total. The predicted molar refractivity (Wildman–Crippen MR) is 61.5 cm³/mol. The van der Waals surface area contributed by atoms with Crippen molar-refractivity contribution in [1.82, 2.24) is 5.32 Å². The Labute approximate surface area is 96.8 Å². The van der Waals surface area contributed by atoms with E-state index < -0.39 is 0 Å². The van der Waals surface area contributed by atoms with Gasteiger partial charge in [-0.25, -0.2) is 0 Å². The molecule has 1 heterocycles. The average Bonchev–Trinajstić information content (AvgIpc) is 2.77. The van der Waals surface area contributed by atoms with Gasteiger partial charge in [0, 0.05) is 7.05 Å². The van der Waals surface area contributed by atoms with Crippen LogP contribution in [0.25, 0.3) is 0 Å². The highest BCUT2D eigenvalue weighted by Crippen LogP contribution is 2.19. The van der Waals surface area contributed by atoms with E-state index >= 15 is 0 Å². The Balaban J connectivity index is 2.44. The van der Waals surface area contributed by atoms with Crippen LogP contribution in [0.2, 0.25) is 0 Å². The summed E-state index contributed by atoms with van der Waals surface area (Å²) < 4.78 is 0. The third-order valence-electron chi connectivity index (χ3n) is 1.77. The molecule has 15 heavy (non-hydrogen) atoms. The van der Waals surface area contributed by atoms with Crippen molar-refractivity contribution in [3.05, 3.63) is 17.5 Å². The van der Waals surface area contributed by atoms with E-state index in [1.54, 1.807) is 7.05 Å². The minimum Gasteiger partial charge on any atom is -0.346 e. The number of rotatable bonds is 4. The number of anilines is 1. The summed E-state index contributed by atoms with van der Waals surface area (Å²) >= 11 is 6.75. The fourth-order valence-corrected chi connectivity index (χ4v) is 1.73. The number of amides is 2. The Bertz CT molecular complexity index is 340. The van der Waals surface area contributed by atoms with Gasteiger partial charge in [-0.1, -0.05) is 0 Å². The molecule has 0 unspecified atom stereocenters. The van der Waals surface area contributed by atoms with E-state index in [4.69, 9.17) is 11.6 Å². The van der Waals surface area contributed by atoms with Crippen molar-refractivity contribution in [2.24, 2.45) is 0 Å². The number of carbonyl (C=O) groups is 2. The summed E-state index contributed by atoms with van der Waals surface area (Å²) in [5.74, 6) is -0.642. The molecule has 0 saturated heterocycles. The lowest BCUT2D eigenvalue weighted by Crippen LogP contribution is -2.38. The Kier molecular flexibility index (Phi) is 4.58. The number of thiophene rings is 1.